The SMILES string of the molecule is COC(CNC(=O)N1CCCC1C)CC(=O)O. The molecule has 0 aliphatic carbocycles. The van der Waals surface area contributed by atoms with Gasteiger partial charge in [-0.3, -0.25) is 4.79 Å². The first kappa shape index (κ1) is 13.8. The number of nitrogens with one attached hydrogen (secondary N) is 1. The smallest absolute Gasteiger partial charge is 0.317 e. The Morgan fingerprint density at radius 1 is 1.59 bits per heavy atom. The van der Waals surface area contributed by atoms with Crippen molar-refractivity contribution in [2.24, 2.45) is 0 Å². The third-order valence-corrected chi connectivity index (χ3v) is 3.03. The molecule has 1 saturated heterocycles. The minimum Gasteiger partial charge on any atom is -0.481 e. The number of nitrogens with zero attached hydrogens (tertiary/aromatic N) is 1. The van der Waals surface area contributed by atoms with Gasteiger partial charge in [-0.25, -0.2) is 4.79 Å². The molecular formula is C11H20N2O4. The molecule has 98 valence electrons. The summed E-state index contributed by atoms with van der Waals surface area (Å²) in [6.45, 7) is 3.01. The summed E-state index contributed by atoms with van der Waals surface area (Å²) in [7, 11) is 1.44. The van der Waals surface area contributed by atoms with Crippen LogP contribution in [0, 0.1) is 0 Å². The molecule has 1 rings (SSSR count). The summed E-state index contributed by atoms with van der Waals surface area (Å²) in [5.41, 5.74) is 0. The van der Waals surface area contributed by atoms with Crippen LogP contribution in [-0.2, 0) is 9.53 Å². The highest BCUT2D eigenvalue weighted by Crippen LogP contribution is 2.15. The van der Waals surface area contributed by atoms with Gasteiger partial charge in [-0.1, -0.05) is 0 Å². The standard InChI is InChI=1S/C11H20N2O4/c1-8-4-3-5-13(8)11(16)12-7-9(17-2)6-10(14)15/h8-9H,3-7H2,1-2H3,(H,12,16)(H,14,15). The lowest BCUT2D eigenvalue weighted by Gasteiger charge is -2.23. The average Bonchev–Trinajstić information content (AvgIpc) is 2.69. The van der Waals surface area contributed by atoms with Crippen LogP contribution in [0.5, 0.6) is 0 Å². The molecule has 1 aliphatic rings. The van der Waals surface area contributed by atoms with E-state index in [1.54, 1.807) is 4.90 Å². The van der Waals surface area contributed by atoms with Crippen LogP contribution in [0.25, 0.3) is 0 Å². The van der Waals surface area contributed by atoms with Gasteiger partial charge in [0, 0.05) is 26.2 Å². The van der Waals surface area contributed by atoms with E-state index in [0.717, 1.165) is 19.4 Å². The molecule has 6 heteroatoms. The topological polar surface area (TPSA) is 78.9 Å². The van der Waals surface area contributed by atoms with Crippen LogP contribution in [0.1, 0.15) is 26.2 Å². The minimum absolute atomic E-state index is 0.105. The molecule has 2 N–H and O–H groups in total. The van der Waals surface area contributed by atoms with Crippen molar-refractivity contribution in [3.63, 3.8) is 0 Å². The Balaban J connectivity index is 2.33. The first-order valence-electron chi connectivity index (χ1n) is 5.83. The fourth-order valence-electron chi connectivity index (χ4n) is 1.97. The van der Waals surface area contributed by atoms with Gasteiger partial charge in [0.25, 0.3) is 0 Å². The van der Waals surface area contributed by atoms with Crippen LogP contribution in [0.4, 0.5) is 4.79 Å². The van der Waals surface area contributed by atoms with Crippen molar-refractivity contribution in [3.8, 4) is 0 Å². The molecule has 0 bridgehead atoms. The minimum atomic E-state index is -0.930. The largest absolute Gasteiger partial charge is 0.481 e. The molecule has 2 atom stereocenters. The molecule has 0 spiro atoms. The molecule has 1 aliphatic heterocycles. The second-order valence-electron chi connectivity index (χ2n) is 4.33. The normalized spacial score (nSPS) is 21.3. The van der Waals surface area contributed by atoms with Crippen molar-refractivity contribution in [2.75, 3.05) is 20.2 Å². The highest BCUT2D eigenvalue weighted by Gasteiger charge is 2.25. The lowest BCUT2D eigenvalue weighted by Crippen LogP contribution is -2.44. The predicted molar refractivity (Wildman–Crippen MR) is 61.9 cm³/mol. The number of rotatable bonds is 5. The maximum Gasteiger partial charge on any atom is 0.317 e. The number of amides is 2. The van der Waals surface area contributed by atoms with Gasteiger partial charge in [-0.15, -0.1) is 0 Å². The Bertz CT molecular complexity index is 283. The van der Waals surface area contributed by atoms with Crippen LogP contribution in [0.15, 0.2) is 0 Å². The first-order chi connectivity index (χ1) is 8.04. The van der Waals surface area contributed by atoms with Gasteiger partial charge < -0.3 is 20.1 Å². The van der Waals surface area contributed by atoms with E-state index >= 15 is 0 Å². The van der Waals surface area contributed by atoms with Crippen molar-refractivity contribution in [3.05, 3.63) is 0 Å². The van der Waals surface area contributed by atoms with Crippen LogP contribution in [0.3, 0.4) is 0 Å². The molecule has 17 heavy (non-hydrogen) atoms. The number of carbonyl (C=O) groups excluding carboxylic acids is 1. The molecule has 2 unspecified atom stereocenters. The number of carbonyl (C=O) groups is 2. The van der Waals surface area contributed by atoms with E-state index in [4.69, 9.17) is 9.84 Å². The summed E-state index contributed by atoms with van der Waals surface area (Å²) in [5.74, 6) is -0.930. The third-order valence-electron chi connectivity index (χ3n) is 3.03. The van der Waals surface area contributed by atoms with Crippen LogP contribution < -0.4 is 5.32 Å². The van der Waals surface area contributed by atoms with Gasteiger partial charge in [-0.05, 0) is 19.8 Å². The van der Waals surface area contributed by atoms with Crippen molar-refractivity contribution in [1.29, 1.82) is 0 Å². The van der Waals surface area contributed by atoms with Gasteiger partial charge >= 0.3 is 12.0 Å². The number of ether oxygens (including phenoxy) is 1. The Morgan fingerprint density at radius 2 is 2.29 bits per heavy atom. The molecule has 0 aromatic heterocycles. The monoisotopic (exact) mass is 244 g/mol. The fraction of sp³-hybridized carbons (Fsp3) is 0.818. The number of likely N-dealkylation sites (tertiary alicyclic amines) is 1. The van der Waals surface area contributed by atoms with Crippen molar-refractivity contribution in [1.82, 2.24) is 10.2 Å². The zero-order chi connectivity index (χ0) is 12.8. The molecule has 2 amide bonds. The number of carboxylic acid groups (broad SMARTS) is 1. The van der Waals surface area contributed by atoms with E-state index in [1.165, 1.54) is 7.11 Å². The number of carboxylic acids is 1. The lowest BCUT2D eigenvalue weighted by molar-refractivity contribution is -0.139. The van der Waals surface area contributed by atoms with Gasteiger partial charge in [-0.2, -0.15) is 0 Å². The maximum absolute atomic E-state index is 11.8. The third kappa shape index (κ3) is 4.22. The Labute approximate surface area is 101 Å². The molecule has 0 aromatic carbocycles. The van der Waals surface area contributed by atoms with Crippen LogP contribution >= 0.6 is 0 Å². The van der Waals surface area contributed by atoms with Gasteiger partial charge in [0.1, 0.15) is 0 Å². The molecule has 0 aromatic rings. The second kappa shape index (κ2) is 6.44. The summed E-state index contributed by atoms with van der Waals surface area (Å²) in [4.78, 5) is 24.1. The summed E-state index contributed by atoms with van der Waals surface area (Å²) in [6, 6.07) is 0.123. The van der Waals surface area contributed by atoms with Crippen molar-refractivity contribution in [2.45, 2.75) is 38.3 Å². The number of hydrogen-bond acceptors (Lipinski definition) is 3. The molecule has 6 nitrogen and oxygen atoms in total. The van der Waals surface area contributed by atoms with E-state index in [0.29, 0.717) is 0 Å². The fourth-order valence-corrected chi connectivity index (χ4v) is 1.97. The lowest BCUT2D eigenvalue weighted by atomic mass is 10.2. The summed E-state index contributed by atoms with van der Waals surface area (Å²) >= 11 is 0. The van der Waals surface area contributed by atoms with E-state index in [1.807, 2.05) is 6.92 Å². The zero-order valence-corrected chi connectivity index (χ0v) is 10.3. The van der Waals surface area contributed by atoms with Crippen molar-refractivity contribution < 1.29 is 19.4 Å². The quantitative estimate of drug-likeness (QED) is 0.745. The van der Waals surface area contributed by atoms with E-state index < -0.39 is 12.1 Å². The Hall–Kier alpha value is -1.30. The number of aliphatic carboxylic acids is 1. The van der Waals surface area contributed by atoms with E-state index in [-0.39, 0.29) is 25.0 Å². The summed E-state index contributed by atoms with van der Waals surface area (Å²) in [5, 5.41) is 11.3. The number of hydrogen-bond donors (Lipinski definition) is 2. The molecule has 0 saturated carbocycles. The van der Waals surface area contributed by atoms with Crippen LogP contribution in [0.2, 0.25) is 0 Å². The highest BCUT2D eigenvalue weighted by molar-refractivity contribution is 5.75. The van der Waals surface area contributed by atoms with E-state index in [9.17, 15) is 9.59 Å². The maximum atomic E-state index is 11.8. The molecule has 1 fully saturated rings. The highest BCUT2D eigenvalue weighted by atomic mass is 16.5. The van der Waals surface area contributed by atoms with Gasteiger partial charge in [0.15, 0.2) is 0 Å². The van der Waals surface area contributed by atoms with E-state index in [2.05, 4.69) is 5.32 Å². The summed E-state index contributed by atoms with van der Waals surface area (Å²) in [6.07, 6.45) is 1.47. The zero-order valence-electron chi connectivity index (χ0n) is 10.3. The van der Waals surface area contributed by atoms with Crippen LogP contribution in [-0.4, -0.2) is 54.4 Å². The summed E-state index contributed by atoms with van der Waals surface area (Å²) < 4.78 is 4.99. The Kier molecular flexibility index (Phi) is 5.21. The first-order valence-corrected chi connectivity index (χ1v) is 5.83. The molecule has 1 heterocycles. The molecular weight excluding hydrogens is 224 g/mol. The van der Waals surface area contributed by atoms with Crippen molar-refractivity contribution >= 4 is 12.0 Å². The van der Waals surface area contributed by atoms with Gasteiger partial charge in [0.05, 0.1) is 12.5 Å². The number of methoxy groups -OCH3 is 1. The average molecular weight is 244 g/mol. The predicted octanol–water partition coefficient (Wildman–Crippen LogP) is 0.670. The molecule has 0 radical (unpaired) electrons. The second-order valence-corrected chi connectivity index (χ2v) is 4.33. The van der Waals surface area contributed by atoms with Gasteiger partial charge in [0.2, 0.25) is 0 Å². The Morgan fingerprint density at radius 3 is 2.76 bits per heavy atom. The number of urea groups is 1.